The van der Waals surface area contributed by atoms with Crippen LogP contribution < -0.4 is 10.5 Å². The molecule has 1 fully saturated rings. The van der Waals surface area contributed by atoms with Gasteiger partial charge in [0.15, 0.2) is 0 Å². The Morgan fingerprint density at radius 1 is 1.29 bits per heavy atom. The van der Waals surface area contributed by atoms with Gasteiger partial charge in [0.05, 0.1) is 7.11 Å². The van der Waals surface area contributed by atoms with Crippen LogP contribution in [0.25, 0.3) is 0 Å². The molecule has 1 aliphatic rings. The summed E-state index contributed by atoms with van der Waals surface area (Å²) in [7, 11) is 1.68. The molecule has 2 heteroatoms. The highest BCUT2D eigenvalue weighted by atomic mass is 16.5. The van der Waals surface area contributed by atoms with Gasteiger partial charge in [0.25, 0.3) is 0 Å². The number of hydrogen-bond acceptors (Lipinski definition) is 2. The van der Waals surface area contributed by atoms with Gasteiger partial charge in [0.2, 0.25) is 0 Å². The molecule has 1 aromatic carbocycles. The number of nitrogens with two attached hydrogens (primary N) is 1. The summed E-state index contributed by atoms with van der Waals surface area (Å²) in [6, 6.07) is 8.32. The maximum Gasteiger partial charge on any atom is 0.118 e. The number of ether oxygens (including phenoxy) is 1. The van der Waals surface area contributed by atoms with Crippen molar-refractivity contribution in [1.29, 1.82) is 0 Å². The first-order chi connectivity index (χ1) is 6.81. The van der Waals surface area contributed by atoms with Crippen LogP contribution in [0.2, 0.25) is 0 Å². The van der Waals surface area contributed by atoms with Gasteiger partial charge in [-0.3, -0.25) is 0 Å². The van der Waals surface area contributed by atoms with Crippen LogP contribution in [-0.2, 0) is 0 Å². The summed E-state index contributed by atoms with van der Waals surface area (Å²) in [5.41, 5.74) is 7.38. The standard InChI is InChI=1S/C12H17NO/c1-14-11-7-5-10(6-8-11)12(13)9-3-2-4-9/h5-9,12H,2-4,13H2,1H3. The summed E-state index contributed by atoms with van der Waals surface area (Å²) in [5, 5.41) is 0. The van der Waals surface area contributed by atoms with E-state index in [2.05, 4.69) is 12.1 Å². The van der Waals surface area contributed by atoms with E-state index in [0.29, 0.717) is 5.92 Å². The van der Waals surface area contributed by atoms with Crippen molar-refractivity contribution >= 4 is 0 Å². The molecule has 0 radical (unpaired) electrons. The van der Waals surface area contributed by atoms with Crippen molar-refractivity contribution in [2.45, 2.75) is 25.3 Å². The number of hydrogen-bond donors (Lipinski definition) is 1. The molecule has 14 heavy (non-hydrogen) atoms. The van der Waals surface area contributed by atoms with E-state index in [9.17, 15) is 0 Å². The third-order valence-electron chi connectivity index (χ3n) is 3.16. The molecular weight excluding hydrogens is 174 g/mol. The summed E-state index contributed by atoms with van der Waals surface area (Å²) >= 11 is 0. The lowest BCUT2D eigenvalue weighted by Crippen LogP contribution is -2.26. The van der Waals surface area contributed by atoms with Crippen LogP contribution in [0.5, 0.6) is 5.75 Å². The predicted molar refractivity (Wildman–Crippen MR) is 57.3 cm³/mol. The average Bonchev–Trinajstić information content (AvgIpc) is 2.15. The Bertz CT molecular complexity index is 290. The average molecular weight is 191 g/mol. The topological polar surface area (TPSA) is 35.2 Å². The molecule has 1 aromatic rings. The van der Waals surface area contributed by atoms with Crippen molar-refractivity contribution in [2.75, 3.05) is 7.11 Å². The lowest BCUT2D eigenvalue weighted by molar-refractivity contribution is 0.264. The number of methoxy groups -OCH3 is 1. The van der Waals surface area contributed by atoms with E-state index in [1.165, 1.54) is 24.8 Å². The van der Waals surface area contributed by atoms with E-state index < -0.39 is 0 Å². The molecule has 1 saturated carbocycles. The van der Waals surface area contributed by atoms with Gasteiger partial charge in [-0.2, -0.15) is 0 Å². The van der Waals surface area contributed by atoms with Gasteiger partial charge in [-0.1, -0.05) is 18.6 Å². The van der Waals surface area contributed by atoms with Gasteiger partial charge in [-0.05, 0) is 36.5 Å². The molecule has 0 saturated heterocycles. The minimum atomic E-state index is 0.217. The van der Waals surface area contributed by atoms with Crippen LogP contribution >= 0.6 is 0 Å². The van der Waals surface area contributed by atoms with Crippen molar-refractivity contribution < 1.29 is 4.74 Å². The molecule has 2 nitrogen and oxygen atoms in total. The van der Waals surface area contributed by atoms with Crippen LogP contribution in [0, 0.1) is 5.92 Å². The Morgan fingerprint density at radius 3 is 2.36 bits per heavy atom. The summed E-state index contributed by atoms with van der Waals surface area (Å²) < 4.78 is 5.11. The maximum absolute atomic E-state index is 6.15. The highest BCUT2D eigenvalue weighted by Gasteiger charge is 2.25. The molecule has 1 atom stereocenters. The lowest BCUT2D eigenvalue weighted by atomic mass is 9.78. The fraction of sp³-hybridized carbons (Fsp3) is 0.500. The molecule has 0 aromatic heterocycles. The normalized spacial score (nSPS) is 18.7. The molecule has 0 bridgehead atoms. The predicted octanol–water partition coefficient (Wildman–Crippen LogP) is 2.50. The zero-order valence-corrected chi connectivity index (χ0v) is 8.57. The Hall–Kier alpha value is -1.02. The maximum atomic E-state index is 6.15. The van der Waals surface area contributed by atoms with Crippen LogP contribution in [0.4, 0.5) is 0 Å². The van der Waals surface area contributed by atoms with Crippen molar-refractivity contribution in [3.63, 3.8) is 0 Å². The van der Waals surface area contributed by atoms with Gasteiger partial charge in [-0.25, -0.2) is 0 Å². The summed E-state index contributed by atoms with van der Waals surface area (Å²) in [5.74, 6) is 1.60. The molecule has 1 unspecified atom stereocenters. The molecule has 0 heterocycles. The van der Waals surface area contributed by atoms with Gasteiger partial charge >= 0.3 is 0 Å². The van der Waals surface area contributed by atoms with E-state index in [1.54, 1.807) is 7.11 Å². The fourth-order valence-electron chi connectivity index (χ4n) is 1.90. The smallest absolute Gasteiger partial charge is 0.118 e. The molecule has 0 amide bonds. The van der Waals surface area contributed by atoms with Crippen molar-refractivity contribution in [1.82, 2.24) is 0 Å². The SMILES string of the molecule is COc1ccc(C(N)C2CCC2)cc1. The molecule has 76 valence electrons. The molecule has 2 rings (SSSR count). The lowest BCUT2D eigenvalue weighted by Gasteiger charge is -2.31. The van der Waals surface area contributed by atoms with E-state index in [1.807, 2.05) is 12.1 Å². The zero-order chi connectivity index (χ0) is 9.97. The first kappa shape index (κ1) is 9.53. The summed E-state index contributed by atoms with van der Waals surface area (Å²) in [4.78, 5) is 0. The Labute approximate surface area is 85.1 Å². The monoisotopic (exact) mass is 191 g/mol. The number of rotatable bonds is 3. The fourth-order valence-corrected chi connectivity index (χ4v) is 1.90. The van der Waals surface area contributed by atoms with Crippen LogP contribution in [0.1, 0.15) is 30.9 Å². The quantitative estimate of drug-likeness (QED) is 0.796. The minimum Gasteiger partial charge on any atom is -0.497 e. The third-order valence-corrected chi connectivity index (χ3v) is 3.16. The van der Waals surface area contributed by atoms with Gasteiger partial charge in [0.1, 0.15) is 5.75 Å². The Balaban J connectivity index is 2.07. The van der Waals surface area contributed by atoms with E-state index >= 15 is 0 Å². The summed E-state index contributed by atoms with van der Waals surface area (Å²) in [6.07, 6.45) is 3.91. The molecule has 0 spiro atoms. The molecular formula is C12H17NO. The van der Waals surface area contributed by atoms with Crippen LogP contribution in [0.15, 0.2) is 24.3 Å². The van der Waals surface area contributed by atoms with E-state index in [4.69, 9.17) is 10.5 Å². The second kappa shape index (κ2) is 4.01. The summed E-state index contributed by atoms with van der Waals surface area (Å²) in [6.45, 7) is 0. The largest absolute Gasteiger partial charge is 0.497 e. The van der Waals surface area contributed by atoms with Crippen molar-refractivity contribution in [3.05, 3.63) is 29.8 Å². The van der Waals surface area contributed by atoms with Crippen LogP contribution in [-0.4, -0.2) is 7.11 Å². The van der Waals surface area contributed by atoms with Gasteiger partial charge < -0.3 is 10.5 Å². The van der Waals surface area contributed by atoms with Crippen LogP contribution in [0.3, 0.4) is 0 Å². The first-order valence-electron chi connectivity index (χ1n) is 5.21. The van der Waals surface area contributed by atoms with Crippen molar-refractivity contribution in [2.24, 2.45) is 11.7 Å². The minimum absolute atomic E-state index is 0.217. The molecule has 1 aliphatic carbocycles. The zero-order valence-electron chi connectivity index (χ0n) is 8.57. The van der Waals surface area contributed by atoms with Gasteiger partial charge in [-0.15, -0.1) is 0 Å². The highest BCUT2D eigenvalue weighted by Crippen LogP contribution is 2.36. The second-order valence-electron chi connectivity index (χ2n) is 3.99. The Kier molecular flexibility index (Phi) is 2.73. The van der Waals surface area contributed by atoms with E-state index in [-0.39, 0.29) is 6.04 Å². The molecule has 2 N–H and O–H groups in total. The second-order valence-corrected chi connectivity index (χ2v) is 3.99. The first-order valence-corrected chi connectivity index (χ1v) is 5.21. The van der Waals surface area contributed by atoms with E-state index in [0.717, 1.165) is 5.75 Å². The van der Waals surface area contributed by atoms with Gasteiger partial charge in [0, 0.05) is 6.04 Å². The third kappa shape index (κ3) is 1.75. The molecule has 0 aliphatic heterocycles. The number of benzene rings is 1. The van der Waals surface area contributed by atoms with Crippen molar-refractivity contribution in [3.8, 4) is 5.75 Å². The highest BCUT2D eigenvalue weighted by molar-refractivity contribution is 5.29. The Morgan fingerprint density at radius 2 is 1.93 bits per heavy atom.